The van der Waals surface area contributed by atoms with Crippen molar-refractivity contribution < 1.29 is 9.84 Å². The molecular formula is C16H16O2. The van der Waals surface area contributed by atoms with Crippen molar-refractivity contribution in [2.45, 2.75) is 5.92 Å². The second kappa shape index (κ2) is 5.41. The summed E-state index contributed by atoms with van der Waals surface area (Å²) < 4.78 is 5.36. The molecule has 2 heteroatoms. The van der Waals surface area contributed by atoms with Gasteiger partial charge in [-0.3, -0.25) is 0 Å². The molecule has 2 aromatic rings. The fourth-order valence-electron chi connectivity index (χ4n) is 2.10. The van der Waals surface area contributed by atoms with Gasteiger partial charge in [-0.2, -0.15) is 0 Å². The maximum Gasteiger partial charge on any atom is 0.122 e. The number of rotatable bonds is 4. The number of benzene rings is 2. The Morgan fingerprint density at radius 3 is 2.28 bits per heavy atom. The molecule has 92 valence electrons. The van der Waals surface area contributed by atoms with Crippen molar-refractivity contribution in [3.05, 3.63) is 72.3 Å². The van der Waals surface area contributed by atoms with E-state index in [2.05, 4.69) is 6.58 Å². The van der Waals surface area contributed by atoms with Gasteiger partial charge in [-0.25, -0.2) is 0 Å². The third-order valence-corrected chi connectivity index (χ3v) is 2.98. The Morgan fingerprint density at radius 2 is 1.67 bits per heavy atom. The minimum absolute atomic E-state index is 0.0812. The van der Waals surface area contributed by atoms with Crippen LogP contribution in [-0.2, 0) is 0 Å². The van der Waals surface area contributed by atoms with Crippen molar-refractivity contribution in [3.63, 3.8) is 0 Å². The Balaban J connectivity index is 2.52. The number of aromatic hydroxyl groups is 1. The summed E-state index contributed by atoms with van der Waals surface area (Å²) in [5, 5.41) is 9.95. The van der Waals surface area contributed by atoms with Crippen molar-refractivity contribution in [2.24, 2.45) is 0 Å². The molecule has 0 aliphatic heterocycles. The number of allylic oxidation sites excluding steroid dienone is 1. The lowest BCUT2D eigenvalue weighted by Gasteiger charge is -2.17. The highest BCUT2D eigenvalue weighted by Crippen LogP contribution is 2.36. The Bertz CT molecular complexity index is 546. The minimum atomic E-state index is -0.0812. The standard InChI is InChI=1S/C16H16O2/c1-3-12(13-8-4-6-10-15(13)17)14-9-5-7-11-16(14)18-2/h3-12,17H,1H2,2H3. The van der Waals surface area contributed by atoms with E-state index in [-0.39, 0.29) is 11.7 Å². The first kappa shape index (κ1) is 12.2. The molecule has 1 atom stereocenters. The zero-order valence-electron chi connectivity index (χ0n) is 10.3. The molecule has 0 spiro atoms. The van der Waals surface area contributed by atoms with Gasteiger partial charge in [-0.15, -0.1) is 6.58 Å². The van der Waals surface area contributed by atoms with Gasteiger partial charge < -0.3 is 9.84 Å². The fourth-order valence-corrected chi connectivity index (χ4v) is 2.10. The molecule has 2 rings (SSSR count). The number of para-hydroxylation sites is 2. The Labute approximate surface area is 107 Å². The Hall–Kier alpha value is -2.22. The largest absolute Gasteiger partial charge is 0.508 e. The van der Waals surface area contributed by atoms with Gasteiger partial charge in [0.25, 0.3) is 0 Å². The lowest BCUT2D eigenvalue weighted by atomic mass is 9.90. The summed E-state index contributed by atoms with van der Waals surface area (Å²) in [4.78, 5) is 0. The van der Waals surface area contributed by atoms with Gasteiger partial charge in [-0.05, 0) is 12.1 Å². The summed E-state index contributed by atoms with van der Waals surface area (Å²) in [5.74, 6) is 0.987. The second-order valence-electron chi connectivity index (χ2n) is 4.01. The fraction of sp³-hybridized carbons (Fsp3) is 0.125. The van der Waals surface area contributed by atoms with E-state index in [0.29, 0.717) is 0 Å². The van der Waals surface area contributed by atoms with Crippen molar-refractivity contribution >= 4 is 0 Å². The predicted octanol–water partition coefficient (Wildman–Crippen LogP) is 3.72. The molecule has 0 saturated carbocycles. The van der Waals surface area contributed by atoms with Crippen molar-refractivity contribution in [2.75, 3.05) is 7.11 Å². The van der Waals surface area contributed by atoms with E-state index in [4.69, 9.17) is 4.74 Å². The van der Waals surface area contributed by atoms with Crippen LogP contribution in [0.2, 0.25) is 0 Å². The lowest BCUT2D eigenvalue weighted by molar-refractivity contribution is 0.408. The number of hydrogen-bond donors (Lipinski definition) is 1. The first-order valence-corrected chi connectivity index (χ1v) is 5.81. The Kier molecular flexibility index (Phi) is 3.68. The zero-order chi connectivity index (χ0) is 13.0. The topological polar surface area (TPSA) is 29.5 Å². The van der Waals surface area contributed by atoms with Crippen LogP contribution in [0.4, 0.5) is 0 Å². The van der Waals surface area contributed by atoms with Crippen molar-refractivity contribution in [1.82, 2.24) is 0 Å². The molecule has 0 radical (unpaired) electrons. The molecule has 0 saturated heterocycles. The minimum Gasteiger partial charge on any atom is -0.508 e. The summed E-state index contributed by atoms with van der Waals surface area (Å²) >= 11 is 0. The van der Waals surface area contributed by atoms with E-state index < -0.39 is 0 Å². The van der Waals surface area contributed by atoms with Crippen LogP contribution in [-0.4, -0.2) is 12.2 Å². The molecule has 0 aliphatic rings. The van der Waals surface area contributed by atoms with Crippen LogP contribution in [0.25, 0.3) is 0 Å². The summed E-state index contributed by atoms with van der Waals surface area (Å²) in [7, 11) is 1.64. The van der Waals surface area contributed by atoms with Gasteiger partial charge in [0.15, 0.2) is 0 Å². The molecule has 1 N–H and O–H groups in total. The maximum atomic E-state index is 9.95. The summed E-state index contributed by atoms with van der Waals surface area (Å²) in [6.45, 7) is 3.86. The molecule has 0 heterocycles. The molecule has 0 aliphatic carbocycles. The predicted molar refractivity (Wildman–Crippen MR) is 73.1 cm³/mol. The van der Waals surface area contributed by atoms with Crippen LogP contribution in [0, 0.1) is 0 Å². The molecule has 18 heavy (non-hydrogen) atoms. The molecule has 2 aromatic carbocycles. The van der Waals surface area contributed by atoms with Crippen LogP contribution in [0.15, 0.2) is 61.2 Å². The lowest BCUT2D eigenvalue weighted by Crippen LogP contribution is -2.00. The average Bonchev–Trinajstić information content (AvgIpc) is 2.42. The van der Waals surface area contributed by atoms with Crippen LogP contribution >= 0.6 is 0 Å². The number of methoxy groups -OCH3 is 1. The van der Waals surface area contributed by atoms with E-state index in [1.54, 1.807) is 19.2 Å². The van der Waals surface area contributed by atoms with Crippen LogP contribution < -0.4 is 4.74 Å². The summed E-state index contributed by atoms with van der Waals surface area (Å²) in [6.07, 6.45) is 1.81. The van der Waals surface area contributed by atoms with Gasteiger partial charge >= 0.3 is 0 Å². The SMILES string of the molecule is C=CC(c1ccccc1O)c1ccccc1OC. The highest BCUT2D eigenvalue weighted by molar-refractivity contribution is 5.48. The van der Waals surface area contributed by atoms with E-state index in [9.17, 15) is 5.11 Å². The quantitative estimate of drug-likeness (QED) is 0.825. The average molecular weight is 240 g/mol. The monoisotopic (exact) mass is 240 g/mol. The molecule has 0 fully saturated rings. The van der Waals surface area contributed by atoms with Gasteiger partial charge in [-0.1, -0.05) is 42.5 Å². The van der Waals surface area contributed by atoms with E-state index in [1.807, 2.05) is 42.5 Å². The summed E-state index contributed by atoms with van der Waals surface area (Å²) in [6, 6.07) is 15.1. The first-order chi connectivity index (χ1) is 8.77. The number of phenols is 1. The van der Waals surface area contributed by atoms with Gasteiger partial charge in [0, 0.05) is 17.0 Å². The number of hydrogen-bond acceptors (Lipinski definition) is 2. The summed E-state index contributed by atoms with van der Waals surface area (Å²) in [5.41, 5.74) is 1.83. The molecule has 1 unspecified atom stereocenters. The van der Waals surface area contributed by atoms with Gasteiger partial charge in [0.05, 0.1) is 7.11 Å². The van der Waals surface area contributed by atoms with Crippen molar-refractivity contribution in [1.29, 1.82) is 0 Å². The molecule has 0 aromatic heterocycles. The van der Waals surface area contributed by atoms with E-state index >= 15 is 0 Å². The van der Waals surface area contributed by atoms with E-state index in [0.717, 1.165) is 16.9 Å². The molecule has 0 amide bonds. The molecular weight excluding hydrogens is 224 g/mol. The first-order valence-electron chi connectivity index (χ1n) is 5.81. The molecule has 0 bridgehead atoms. The normalized spacial score (nSPS) is 11.8. The van der Waals surface area contributed by atoms with Crippen LogP contribution in [0.3, 0.4) is 0 Å². The number of phenolic OH excluding ortho intramolecular Hbond substituents is 1. The smallest absolute Gasteiger partial charge is 0.122 e. The zero-order valence-corrected chi connectivity index (χ0v) is 10.3. The van der Waals surface area contributed by atoms with Gasteiger partial charge in [0.2, 0.25) is 0 Å². The highest BCUT2D eigenvalue weighted by atomic mass is 16.5. The third-order valence-electron chi connectivity index (χ3n) is 2.98. The molecule has 2 nitrogen and oxygen atoms in total. The maximum absolute atomic E-state index is 9.95. The second-order valence-corrected chi connectivity index (χ2v) is 4.01. The third kappa shape index (κ3) is 2.23. The van der Waals surface area contributed by atoms with Gasteiger partial charge in [0.1, 0.15) is 11.5 Å². The van der Waals surface area contributed by atoms with Crippen LogP contribution in [0.1, 0.15) is 17.0 Å². The highest BCUT2D eigenvalue weighted by Gasteiger charge is 2.17. The van der Waals surface area contributed by atoms with Crippen molar-refractivity contribution in [3.8, 4) is 11.5 Å². The Morgan fingerprint density at radius 1 is 1.06 bits per heavy atom. The number of ether oxygens (including phenoxy) is 1. The van der Waals surface area contributed by atoms with Crippen LogP contribution in [0.5, 0.6) is 11.5 Å². The van der Waals surface area contributed by atoms with E-state index in [1.165, 1.54) is 0 Å².